The zero-order valence-corrected chi connectivity index (χ0v) is 9.37. The molecule has 0 radical (unpaired) electrons. The Labute approximate surface area is 98.9 Å². The van der Waals surface area contributed by atoms with Crippen LogP contribution in [-0.4, -0.2) is 22.9 Å². The molecule has 2 aromatic heterocycles. The number of nitrogens with zero attached hydrogens (tertiary/aromatic N) is 3. The maximum atomic E-state index is 12.1. The average molecular weight is 228 g/mol. The molecule has 0 saturated carbocycles. The van der Waals surface area contributed by atoms with E-state index in [9.17, 15) is 4.79 Å². The van der Waals surface area contributed by atoms with E-state index in [0.29, 0.717) is 16.9 Å². The van der Waals surface area contributed by atoms with Gasteiger partial charge in [0.25, 0.3) is 5.91 Å². The highest BCUT2D eigenvalue weighted by Crippen LogP contribution is 2.21. The second-order valence-corrected chi connectivity index (χ2v) is 3.53. The summed E-state index contributed by atoms with van der Waals surface area (Å²) in [5.74, 6) is -0.134. The van der Waals surface area contributed by atoms with Crippen LogP contribution >= 0.6 is 0 Å². The van der Waals surface area contributed by atoms with Crippen molar-refractivity contribution < 1.29 is 4.79 Å². The largest absolute Gasteiger partial charge is 0.396 e. The topological polar surface area (TPSA) is 72.1 Å². The van der Waals surface area contributed by atoms with Gasteiger partial charge in [0, 0.05) is 31.2 Å². The Morgan fingerprint density at radius 1 is 1.18 bits per heavy atom. The van der Waals surface area contributed by atoms with E-state index in [1.54, 1.807) is 43.8 Å². The molecule has 5 nitrogen and oxygen atoms in total. The third-order valence-electron chi connectivity index (χ3n) is 2.42. The standard InChI is InChI=1S/C12H12N4O/c1-16(11-4-7-15-8-10(11)13)12(17)9-2-5-14-6-3-9/h2-8H,13H2,1H3. The van der Waals surface area contributed by atoms with E-state index in [1.165, 1.54) is 11.1 Å². The smallest absolute Gasteiger partial charge is 0.258 e. The van der Waals surface area contributed by atoms with Crippen molar-refractivity contribution in [1.29, 1.82) is 0 Å². The zero-order valence-electron chi connectivity index (χ0n) is 9.37. The molecular weight excluding hydrogens is 216 g/mol. The first-order valence-electron chi connectivity index (χ1n) is 5.07. The van der Waals surface area contributed by atoms with Crippen molar-refractivity contribution >= 4 is 17.3 Å². The van der Waals surface area contributed by atoms with E-state index < -0.39 is 0 Å². The van der Waals surface area contributed by atoms with Gasteiger partial charge < -0.3 is 10.6 Å². The van der Waals surface area contributed by atoms with Crippen LogP contribution in [0, 0.1) is 0 Å². The van der Waals surface area contributed by atoms with Crippen LogP contribution in [0.5, 0.6) is 0 Å². The Morgan fingerprint density at radius 2 is 1.82 bits per heavy atom. The predicted molar refractivity (Wildman–Crippen MR) is 65.6 cm³/mol. The molecule has 0 bridgehead atoms. The SMILES string of the molecule is CN(C(=O)c1ccncc1)c1ccncc1N. The van der Waals surface area contributed by atoms with Gasteiger partial charge in [-0.25, -0.2) is 0 Å². The van der Waals surface area contributed by atoms with Gasteiger partial charge in [0.05, 0.1) is 17.6 Å². The summed E-state index contributed by atoms with van der Waals surface area (Å²) in [5.41, 5.74) is 7.45. The summed E-state index contributed by atoms with van der Waals surface area (Å²) in [6.07, 6.45) is 6.28. The van der Waals surface area contributed by atoms with Crippen LogP contribution in [0.3, 0.4) is 0 Å². The molecular formula is C12H12N4O. The third kappa shape index (κ3) is 2.23. The Balaban J connectivity index is 2.30. The zero-order chi connectivity index (χ0) is 12.3. The Kier molecular flexibility index (Phi) is 3.00. The monoisotopic (exact) mass is 228 g/mol. The molecule has 0 aliphatic carbocycles. The number of anilines is 2. The minimum Gasteiger partial charge on any atom is -0.396 e. The van der Waals surface area contributed by atoms with Crippen molar-refractivity contribution in [1.82, 2.24) is 9.97 Å². The summed E-state index contributed by atoms with van der Waals surface area (Å²) in [4.78, 5) is 21.4. The first kappa shape index (κ1) is 11.1. The first-order chi connectivity index (χ1) is 8.20. The molecule has 0 fully saturated rings. The van der Waals surface area contributed by atoms with E-state index in [1.807, 2.05) is 0 Å². The van der Waals surface area contributed by atoms with Gasteiger partial charge in [0.2, 0.25) is 0 Å². The summed E-state index contributed by atoms with van der Waals surface area (Å²) in [5, 5.41) is 0. The molecule has 5 heteroatoms. The number of carbonyl (C=O) groups is 1. The number of nitrogen functional groups attached to an aromatic ring is 1. The fourth-order valence-corrected chi connectivity index (χ4v) is 1.50. The molecule has 0 aromatic carbocycles. The van der Waals surface area contributed by atoms with Gasteiger partial charge in [0.1, 0.15) is 0 Å². The lowest BCUT2D eigenvalue weighted by Gasteiger charge is -2.18. The van der Waals surface area contributed by atoms with Gasteiger partial charge in [-0.3, -0.25) is 14.8 Å². The van der Waals surface area contributed by atoms with Crippen LogP contribution in [0.2, 0.25) is 0 Å². The van der Waals surface area contributed by atoms with E-state index >= 15 is 0 Å². The number of hydrogen-bond donors (Lipinski definition) is 1. The number of aromatic nitrogens is 2. The molecule has 86 valence electrons. The van der Waals surface area contributed by atoms with Gasteiger partial charge in [-0.2, -0.15) is 0 Å². The molecule has 0 unspecified atom stereocenters. The van der Waals surface area contributed by atoms with E-state index in [4.69, 9.17) is 5.73 Å². The minimum absolute atomic E-state index is 0.134. The van der Waals surface area contributed by atoms with Crippen molar-refractivity contribution in [2.24, 2.45) is 0 Å². The molecule has 0 aliphatic rings. The molecule has 2 N–H and O–H groups in total. The number of hydrogen-bond acceptors (Lipinski definition) is 4. The maximum Gasteiger partial charge on any atom is 0.258 e. The summed E-state index contributed by atoms with van der Waals surface area (Å²) >= 11 is 0. The van der Waals surface area contributed by atoms with Gasteiger partial charge >= 0.3 is 0 Å². The summed E-state index contributed by atoms with van der Waals surface area (Å²) in [6, 6.07) is 5.03. The summed E-state index contributed by atoms with van der Waals surface area (Å²) < 4.78 is 0. The van der Waals surface area contributed by atoms with Crippen molar-refractivity contribution in [2.75, 3.05) is 17.7 Å². The van der Waals surface area contributed by atoms with Gasteiger partial charge in [0.15, 0.2) is 0 Å². The summed E-state index contributed by atoms with van der Waals surface area (Å²) in [7, 11) is 1.68. The highest BCUT2D eigenvalue weighted by molar-refractivity contribution is 6.06. The van der Waals surface area contributed by atoms with Crippen molar-refractivity contribution in [3.05, 3.63) is 48.5 Å². The number of rotatable bonds is 2. The molecule has 17 heavy (non-hydrogen) atoms. The number of nitrogens with two attached hydrogens (primary N) is 1. The quantitative estimate of drug-likeness (QED) is 0.841. The van der Waals surface area contributed by atoms with Crippen LogP contribution < -0.4 is 10.6 Å². The molecule has 0 atom stereocenters. The third-order valence-corrected chi connectivity index (χ3v) is 2.42. The van der Waals surface area contributed by atoms with Crippen LogP contribution in [0.25, 0.3) is 0 Å². The fourth-order valence-electron chi connectivity index (χ4n) is 1.50. The second kappa shape index (κ2) is 4.61. The Hall–Kier alpha value is -2.43. The van der Waals surface area contributed by atoms with Crippen LogP contribution in [0.15, 0.2) is 43.0 Å². The second-order valence-electron chi connectivity index (χ2n) is 3.53. The van der Waals surface area contributed by atoms with Crippen molar-refractivity contribution in [3.8, 4) is 0 Å². The molecule has 2 aromatic rings. The number of amides is 1. The lowest BCUT2D eigenvalue weighted by atomic mass is 10.2. The normalized spacial score (nSPS) is 9.94. The molecule has 2 rings (SSSR count). The molecule has 0 aliphatic heterocycles. The van der Waals surface area contributed by atoms with Gasteiger partial charge in [-0.1, -0.05) is 0 Å². The van der Waals surface area contributed by atoms with E-state index in [-0.39, 0.29) is 5.91 Å². The fraction of sp³-hybridized carbons (Fsp3) is 0.0833. The summed E-state index contributed by atoms with van der Waals surface area (Å²) in [6.45, 7) is 0. The van der Waals surface area contributed by atoms with Crippen LogP contribution in [0.1, 0.15) is 10.4 Å². The highest BCUT2D eigenvalue weighted by atomic mass is 16.2. The molecule has 2 heterocycles. The van der Waals surface area contributed by atoms with Crippen molar-refractivity contribution in [3.63, 3.8) is 0 Å². The predicted octanol–water partition coefficient (Wildman–Crippen LogP) is 1.34. The highest BCUT2D eigenvalue weighted by Gasteiger charge is 2.14. The van der Waals surface area contributed by atoms with Crippen molar-refractivity contribution in [2.45, 2.75) is 0 Å². The lowest BCUT2D eigenvalue weighted by Crippen LogP contribution is -2.27. The molecule has 0 spiro atoms. The minimum atomic E-state index is -0.134. The average Bonchev–Trinajstić information content (AvgIpc) is 2.39. The van der Waals surface area contributed by atoms with Gasteiger partial charge in [-0.05, 0) is 18.2 Å². The number of pyridine rings is 2. The van der Waals surface area contributed by atoms with Crippen LogP contribution in [0.4, 0.5) is 11.4 Å². The first-order valence-corrected chi connectivity index (χ1v) is 5.07. The molecule has 0 saturated heterocycles. The van der Waals surface area contributed by atoms with Gasteiger partial charge in [-0.15, -0.1) is 0 Å². The Bertz CT molecular complexity index is 527. The van der Waals surface area contributed by atoms with E-state index in [0.717, 1.165) is 0 Å². The maximum absolute atomic E-state index is 12.1. The Morgan fingerprint density at radius 3 is 2.47 bits per heavy atom. The van der Waals surface area contributed by atoms with E-state index in [2.05, 4.69) is 9.97 Å². The molecule has 1 amide bonds. The number of carbonyl (C=O) groups excluding carboxylic acids is 1. The lowest BCUT2D eigenvalue weighted by molar-refractivity contribution is 0.0993. The van der Waals surface area contributed by atoms with Crippen LogP contribution in [-0.2, 0) is 0 Å².